The number of nitrogen functional groups attached to an aromatic ring is 1. The first-order valence-corrected chi connectivity index (χ1v) is 13.0. The van der Waals surface area contributed by atoms with Crippen molar-refractivity contribution in [1.82, 2.24) is 38.7 Å². The van der Waals surface area contributed by atoms with Crippen LogP contribution in [0.15, 0.2) is 18.7 Å². The molecule has 5 rings (SSSR count). The van der Waals surface area contributed by atoms with Crippen molar-refractivity contribution in [2.45, 2.75) is 6.17 Å². The monoisotopic (exact) mass is 502 g/mol. The lowest BCUT2D eigenvalue weighted by atomic mass is 10.3. The summed E-state index contributed by atoms with van der Waals surface area (Å²) in [7, 11) is -3.29. The molecule has 15 heteroatoms. The summed E-state index contributed by atoms with van der Waals surface area (Å²) in [6.07, 6.45) is 5.98. The fraction of sp³-hybridized carbons (Fsp3) is 0.500. The highest BCUT2D eigenvalue weighted by molar-refractivity contribution is 7.88. The van der Waals surface area contributed by atoms with E-state index < -0.39 is 16.2 Å². The van der Waals surface area contributed by atoms with Gasteiger partial charge in [-0.3, -0.25) is 14.3 Å². The molecule has 2 aliphatic rings. The number of carbonyl (C=O) groups excluding carboxylic acids is 1. The predicted molar refractivity (Wildman–Crippen MR) is 127 cm³/mol. The Morgan fingerprint density at radius 1 is 1.03 bits per heavy atom. The number of nitrogens with zero attached hydrogens (tertiary/aromatic N) is 9. The molecule has 186 valence electrons. The minimum absolute atomic E-state index is 0.141. The highest BCUT2D eigenvalue weighted by Crippen LogP contribution is 2.29. The number of anilines is 2. The number of nitrogens with two attached hydrogens (primary N) is 1. The van der Waals surface area contributed by atoms with Crippen LogP contribution in [-0.4, -0.2) is 112 Å². The molecule has 0 saturated carbocycles. The number of sulfonamides is 1. The minimum Gasteiger partial charge on any atom is -0.378 e. The Bertz CT molecular complexity index is 1320. The maximum absolute atomic E-state index is 12.3. The summed E-state index contributed by atoms with van der Waals surface area (Å²) in [5.41, 5.74) is 7.26. The van der Waals surface area contributed by atoms with E-state index in [1.165, 1.54) is 10.6 Å². The average molecular weight is 503 g/mol. The van der Waals surface area contributed by atoms with Crippen LogP contribution in [0.4, 0.5) is 11.8 Å². The third kappa shape index (κ3) is 4.67. The summed E-state index contributed by atoms with van der Waals surface area (Å²) in [6.45, 7) is 3.81. The first-order chi connectivity index (χ1) is 16.8. The van der Waals surface area contributed by atoms with Gasteiger partial charge < -0.3 is 15.4 Å². The molecule has 0 spiro atoms. The zero-order valence-corrected chi connectivity index (χ0v) is 20.0. The molecule has 3 aromatic heterocycles. The van der Waals surface area contributed by atoms with Gasteiger partial charge in [-0.15, -0.1) is 0 Å². The van der Waals surface area contributed by atoms with E-state index in [4.69, 9.17) is 20.4 Å². The summed E-state index contributed by atoms with van der Waals surface area (Å²) in [6, 6.07) is 0. The molecule has 0 aromatic carbocycles. The van der Waals surface area contributed by atoms with Crippen molar-refractivity contribution < 1.29 is 17.9 Å². The maximum Gasteiger partial charge on any atom is 0.219 e. The third-order valence-electron chi connectivity index (χ3n) is 6.17. The number of rotatable bonds is 6. The molecule has 0 amide bonds. The molecule has 0 bridgehead atoms. The van der Waals surface area contributed by atoms with Gasteiger partial charge in [0.2, 0.25) is 16.0 Å². The number of hydrogen-bond donors (Lipinski definition) is 1. The normalized spacial score (nSPS) is 19.2. The fourth-order valence-corrected chi connectivity index (χ4v) is 5.13. The van der Waals surface area contributed by atoms with Crippen LogP contribution in [0, 0.1) is 0 Å². The minimum atomic E-state index is -3.29. The van der Waals surface area contributed by atoms with Gasteiger partial charge in [-0.1, -0.05) is 0 Å². The standard InChI is InChI=1S/C20H26N10O4S/c1-35(32,33)29-4-2-27(3-5-29)15(12-31)30-13-24-16-18(28-6-8-34-9-7-28)25-17(26-19(16)30)14-10-22-20(21)23-11-14/h10-13,15H,2-9H2,1H3,(H2,21,22,23). The van der Waals surface area contributed by atoms with Gasteiger partial charge in [0.05, 0.1) is 31.4 Å². The first-order valence-electron chi connectivity index (χ1n) is 11.1. The van der Waals surface area contributed by atoms with Crippen molar-refractivity contribution in [3.8, 4) is 11.4 Å². The molecule has 0 aliphatic carbocycles. The van der Waals surface area contributed by atoms with E-state index in [1.807, 2.05) is 4.90 Å². The van der Waals surface area contributed by atoms with Crippen molar-refractivity contribution >= 4 is 39.2 Å². The van der Waals surface area contributed by atoms with E-state index >= 15 is 0 Å². The molecule has 35 heavy (non-hydrogen) atoms. The van der Waals surface area contributed by atoms with Gasteiger partial charge in [0.15, 0.2) is 29.1 Å². The summed E-state index contributed by atoms with van der Waals surface area (Å²) in [5.74, 6) is 1.16. The van der Waals surface area contributed by atoms with Crippen LogP contribution in [0.25, 0.3) is 22.6 Å². The molecule has 2 fully saturated rings. The number of aldehydes is 1. The highest BCUT2D eigenvalue weighted by Gasteiger charge is 2.30. The summed E-state index contributed by atoms with van der Waals surface area (Å²) >= 11 is 0. The predicted octanol–water partition coefficient (Wildman–Crippen LogP) is -1.02. The molecule has 2 N–H and O–H groups in total. The average Bonchev–Trinajstić information content (AvgIpc) is 3.28. The molecule has 0 radical (unpaired) electrons. The van der Waals surface area contributed by atoms with Crippen LogP contribution >= 0.6 is 0 Å². The van der Waals surface area contributed by atoms with Crippen molar-refractivity contribution in [3.63, 3.8) is 0 Å². The number of imidazole rings is 1. The van der Waals surface area contributed by atoms with Crippen molar-refractivity contribution in [2.75, 3.05) is 69.4 Å². The Hall–Kier alpha value is -3.27. The Morgan fingerprint density at radius 2 is 1.71 bits per heavy atom. The quantitative estimate of drug-likeness (QED) is 0.408. The van der Waals surface area contributed by atoms with Crippen LogP contribution in [0.2, 0.25) is 0 Å². The lowest BCUT2D eigenvalue weighted by Gasteiger charge is -2.36. The van der Waals surface area contributed by atoms with Gasteiger partial charge in [-0.2, -0.15) is 4.31 Å². The number of piperazine rings is 1. The van der Waals surface area contributed by atoms with Crippen molar-refractivity contribution in [2.24, 2.45) is 0 Å². The highest BCUT2D eigenvalue weighted by atomic mass is 32.2. The zero-order chi connectivity index (χ0) is 24.6. The number of ether oxygens (including phenoxy) is 1. The second-order valence-electron chi connectivity index (χ2n) is 8.37. The molecule has 3 aromatic rings. The SMILES string of the molecule is CS(=O)(=O)N1CCN(C(C=O)n2cnc3c(N4CCOCC4)nc(-c4cnc(N)nc4)nc32)CC1. The van der Waals surface area contributed by atoms with E-state index in [0.29, 0.717) is 80.9 Å². The lowest BCUT2D eigenvalue weighted by molar-refractivity contribution is -0.115. The van der Waals surface area contributed by atoms with Crippen molar-refractivity contribution in [1.29, 1.82) is 0 Å². The largest absolute Gasteiger partial charge is 0.378 e. The van der Waals surface area contributed by atoms with Crippen LogP contribution in [0.1, 0.15) is 6.17 Å². The molecule has 1 unspecified atom stereocenters. The number of morpholine rings is 1. The van der Waals surface area contributed by atoms with Gasteiger partial charge in [0.1, 0.15) is 6.17 Å². The number of fused-ring (bicyclic) bond motifs is 1. The number of carbonyl (C=O) groups is 1. The molecule has 1 atom stereocenters. The summed E-state index contributed by atoms with van der Waals surface area (Å²) in [4.78, 5) is 38.4. The van der Waals surface area contributed by atoms with Gasteiger partial charge in [-0.25, -0.2) is 33.3 Å². The Kier molecular flexibility index (Phi) is 6.31. The molecule has 5 heterocycles. The molecule has 2 aliphatic heterocycles. The number of aromatic nitrogens is 6. The second-order valence-corrected chi connectivity index (χ2v) is 10.4. The Labute approximate surface area is 201 Å². The summed E-state index contributed by atoms with van der Waals surface area (Å²) in [5, 5.41) is 0. The second kappa shape index (κ2) is 9.41. The van der Waals surface area contributed by atoms with Crippen LogP contribution < -0.4 is 10.6 Å². The van der Waals surface area contributed by atoms with E-state index in [1.54, 1.807) is 23.3 Å². The van der Waals surface area contributed by atoms with Crippen LogP contribution in [0.5, 0.6) is 0 Å². The van der Waals surface area contributed by atoms with E-state index in [2.05, 4.69) is 19.9 Å². The zero-order valence-electron chi connectivity index (χ0n) is 19.2. The molecular formula is C20H26N10O4S. The first kappa shape index (κ1) is 23.5. The topological polar surface area (TPSA) is 166 Å². The van der Waals surface area contributed by atoms with E-state index in [0.717, 1.165) is 6.29 Å². The van der Waals surface area contributed by atoms with E-state index in [9.17, 15) is 13.2 Å². The van der Waals surface area contributed by atoms with Gasteiger partial charge >= 0.3 is 0 Å². The number of hydrogen-bond acceptors (Lipinski definition) is 12. The maximum atomic E-state index is 12.3. The summed E-state index contributed by atoms with van der Waals surface area (Å²) < 4.78 is 32.4. The fourth-order valence-electron chi connectivity index (χ4n) is 4.30. The third-order valence-corrected chi connectivity index (χ3v) is 7.47. The van der Waals surface area contributed by atoms with Gasteiger partial charge in [0, 0.05) is 51.7 Å². The molecule has 14 nitrogen and oxygen atoms in total. The van der Waals surface area contributed by atoms with Gasteiger partial charge in [0.25, 0.3) is 0 Å². The lowest BCUT2D eigenvalue weighted by Crippen LogP contribution is -2.50. The molecule has 2 saturated heterocycles. The molecular weight excluding hydrogens is 476 g/mol. The smallest absolute Gasteiger partial charge is 0.219 e. The Morgan fingerprint density at radius 3 is 2.34 bits per heavy atom. The van der Waals surface area contributed by atoms with Crippen LogP contribution in [0.3, 0.4) is 0 Å². The van der Waals surface area contributed by atoms with Crippen LogP contribution in [-0.2, 0) is 19.6 Å². The van der Waals surface area contributed by atoms with E-state index in [-0.39, 0.29) is 5.95 Å². The van der Waals surface area contributed by atoms with Crippen molar-refractivity contribution in [3.05, 3.63) is 18.7 Å². The van der Waals surface area contributed by atoms with Gasteiger partial charge in [-0.05, 0) is 0 Å². The Balaban J connectivity index is 1.56.